The molecule has 1 N–H and O–H groups in total. The molecule has 5 aromatic rings. The molecule has 1 unspecified atom stereocenters. The number of aromatic amines is 1. The molecule has 9 nitrogen and oxygen atoms in total. The molecule has 154 valence electrons. The number of nitrogens with zero attached hydrogens (tertiary/aromatic N) is 7. The van der Waals surface area contributed by atoms with Crippen LogP contribution in [-0.4, -0.2) is 41.3 Å². The summed E-state index contributed by atoms with van der Waals surface area (Å²) in [6, 6.07) is 10.2. The third-order valence-electron chi connectivity index (χ3n) is 5.83. The first kappa shape index (κ1) is 17.8. The number of fused-ring (bicyclic) bond motifs is 2. The van der Waals surface area contributed by atoms with Crippen LogP contribution >= 0.6 is 0 Å². The van der Waals surface area contributed by atoms with Gasteiger partial charge in [-0.1, -0.05) is 11.2 Å². The Balaban J connectivity index is 1.46. The van der Waals surface area contributed by atoms with Crippen LogP contribution in [0.4, 0.5) is 6.01 Å². The molecule has 0 radical (unpaired) electrons. The molecule has 6 heterocycles. The number of H-pyrrole nitrogens is 1. The molecule has 0 saturated heterocycles. The summed E-state index contributed by atoms with van der Waals surface area (Å²) in [6.45, 7) is 4.72. The van der Waals surface area contributed by atoms with Gasteiger partial charge in [0.25, 0.3) is 5.89 Å². The Morgan fingerprint density at radius 2 is 2.06 bits per heavy atom. The summed E-state index contributed by atoms with van der Waals surface area (Å²) in [4.78, 5) is 14.3. The summed E-state index contributed by atoms with van der Waals surface area (Å²) in [5.41, 5.74) is 6.84. The highest BCUT2D eigenvalue weighted by molar-refractivity contribution is 5.58. The Hall–Kier alpha value is -4.01. The van der Waals surface area contributed by atoms with Gasteiger partial charge in [-0.05, 0) is 43.7 Å². The van der Waals surface area contributed by atoms with Crippen molar-refractivity contribution < 1.29 is 4.42 Å². The predicted octanol–water partition coefficient (Wildman–Crippen LogP) is 3.27. The summed E-state index contributed by atoms with van der Waals surface area (Å²) in [7, 11) is 0. The number of anilines is 1. The standard InChI is InChI=1S/C22H20N8O/c1-13-5-4-9-30-18(13)11-17(28-30)20-19-16(24-12-25-19)7-10-29(20)22-27-26-21(31-22)15-6-3-8-23-14(15)2/h3-6,8-9,11-12,20H,7,10H2,1-2H3,(H,24,25). The van der Waals surface area contributed by atoms with Crippen LogP contribution in [0.25, 0.3) is 17.0 Å². The van der Waals surface area contributed by atoms with Gasteiger partial charge in [-0.2, -0.15) is 5.10 Å². The molecule has 5 aromatic heterocycles. The Morgan fingerprint density at radius 3 is 2.94 bits per heavy atom. The molecule has 0 amide bonds. The molecule has 0 fully saturated rings. The van der Waals surface area contributed by atoms with Gasteiger partial charge in [0.15, 0.2) is 0 Å². The van der Waals surface area contributed by atoms with E-state index in [0.29, 0.717) is 18.5 Å². The van der Waals surface area contributed by atoms with Gasteiger partial charge < -0.3 is 14.3 Å². The zero-order valence-electron chi connectivity index (χ0n) is 17.1. The van der Waals surface area contributed by atoms with Gasteiger partial charge in [0.1, 0.15) is 6.04 Å². The fourth-order valence-corrected chi connectivity index (χ4v) is 4.24. The molecule has 0 aliphatic carbocycles. The second-order valence-corrected chi connectivity index (χ2v) is 7.73. The van der Waals surface area contributed by atoms with Gasteiger partial charge in [-0.15, -0.1) is 5.10 Å². The van der Waals surface area contributed by atoms with Crippen LogP contribution in [-0.2, 0) is 6.42 Å². The lowest BCUT2D eigenvalue weighted by Gasteiger charge is -2.32. The Kier molecular flexibility index (Phi) is 3.89. The normalized spacial score (nSPS) is 16.1. The van der Waals surface area contributed by atoms with Crippen LogP contribution in [0.15, 0.2) is 53.5 Å². The van der Waals surface area contributed by atoms with Crippen LogP contribution in [0.1, 0.15) is 34.4 Å². The van der Waals surface area contributed by atoms with Crippen LogP contribution in [0.2, 0.25) is 0 Å². The van der Waals surface area contributed by atoms with Crippen molar-refractivity contribution in [3.8, 4) is 11.5 Å². The third kappa shape index (κ3) is 2.81. The van der Waals surface area contributed by atoms with E-state index in [1.54, 1.807) is 12.5 Å². The van der Waals surface area contributed by atoms with E-state index in [9.17, 15) is 0 Å². The number of imidazole rings is 1. The number of pyridine rings is 2. The highest BCUT2D eigenvalue weighted by Gasteiger charge is 2.36. The van der Waals surface area contributed by atoms with Gasteiger partial charge in [0, 0.05) is 36.7 Å². The smallest absolute Gasteiger partial charge is 0.319 e. The minimum atomic E-state index is -0.224. The van der Waals surface area contributed by atoms with E-state index in [2.05, 4.69) is 49.1 Å². The monoisotopic (exact) mass is 412 g/mol. The number of rotatable bonds is 3. The number of hydrogen-bond acceptors (Lipinski definition) is 7. The number of nitrogens with one attached hydrogen (secondary N) is 1. The van der Waals surface area contributed by atoms with E-state index in [1.165, 1.54) is 0 Å². The predicted molar refractivity (Wildman–Crippen MR) is 114 cm³/mol. The molecular weight excluding hydrogens is 392 g/mol. The van der Waals surface area contributed by atoms with E-state index in [4.69, 9.17) is 9.52 Å². The number of aromatic nitrogens is 7. The number of aryl methyl sites for hydroxylation is 2. The lowest BCUT2D eigenvalue weighted by Crippen LogP contribution is -2.36. The van der Waals surface area contributed by atoms with E-state index in [-0.39, 0.29) is 6.04 Å². The molecule has 1 aliphatic heterocycles. The van der Waals surface area contributed by atoms with Gasteiger partial charge in [-0.3, -0.25) is 4.98 Å². The van der Waals surface area contributed by atoms with Crippen molar-refractivity contribution in [2.75, 3.05) is 11.4 Å². The van der Waals surface area contributed by atoms with Crippen molar-refractivity contribution in [2.24, 2.45) is 0 Å². The van der Waals surface area contributed by atoms with Crippen molar-refractivity contribution >= 4 is 11.5 Å². The molecule has 6 rings (SSSR count). The molecule has 0 aromatic carbocycles. The average molecular weight is 412 g/mol. The molecule has 1 aliphatic rings. The minimum Gasteiger partial charge on any atom is -0.403 e. The van der Waals surface area contributed by atoms with Crippen molar-refractivity contribution in [3.63, 3.8) is 0 Å². The fraction of sp³-hybridized carbons (Fsp3) is 0.227. The molecular formula is C22H20N8O. The number of hydrogen-bond donors (Lipinski definition) is 1. The first-order valence-electron chi connectivity index (χ1n) is 10.2. The van der Waals surface area contributed by atoms with E-state index in [0.717, 1.165) is 45.8 Å². The Labute approximate surface area is 177 Å². The maximum Gasteiger partial charge on any atom is 0.319 e. The Morgan fingerprint density at radius 1 is 1.13 bits per heavy atom. The fourth-order valence-electron chi connectivity index (χ4n) is 4.24. The molecule has 0 bridgehead atoms. The second-order valence-electron chi connectivity index (χ2n) is 7.73. The second kappa shape index (κ2) is 6.76. The van der Waals surface area contributed by atoms with Gasteiger partial charge in [0.2, 0.25) is 0 Å². The van der Waals surface area contributed by atoms with Crippen molar-refractivity contribution in [2.45, 2.75) is 26.3 Å². The lowest BCUT2D eigenvalue weighted by molar-refractivity contribution is 0.503. The average Bonchev–Trinajstić information content (AvgIpc) is 3.52. The summed E-state index contributed by atoms with van der Waals surface area (Å²) in [6.07, 6.45) is 6.25. The molecule has 31 heavy (non-hydrogen) atoms. The minimum absolute atomic E-state index is 0.224. The van der Waals surface area contributed by atoms with Gasteiger partial charge in [-0.25, -0.2) is 9.50 Å². The third-order valence-corrected chi connectivity index (χ3v) is 5.83. The van der Waals surface area contributed by atoms with E-state index >= 15 is 0 Å². The highest BCUT2D eigenvalue weighted by Crippen LogP contribution is 2.37. The summed E-state index contributed by atoms with van der Waals surface area (Å²) >= 11 is 0. The summed E-state index contributed by atoms with van der Waals surface area (Å²) in [5.74, 6) is 0.457. The molecule has 0 spiro atoms. The first-order valence-corrected chi connectivity index (χ1v) is 10.2. The highest BCUT2D eigenvalue weighted by atomic mass is 16.4. The quantitative estimate of drug-likeness (QED) is 0.485. The molecule has 9 heteroatoms. The van der Waals surface area contributed by atoms with Crippen molar-refractivity contribution in [1.82, 2.24) is 34.8 Å². The van der Waals surface area contributed by atoms with Crippen LogP contribution < -0.4 is 4.90 Å². The van der Waals surface area contributed by atoms with Crippen molar-refractivity contribution in [3.05, 3.63) is 77.4 Å². The van der Waals surface area contributed by atoms with Gasteiger partial charge in [0.05, 0.1) is 28.8 Å². The summed E-state index contributed by atoms with van der Waals surface area (Å²) in [5, 5.41) is 13.5. The largest absolute Gasteiger partial charge is 0.403 e. The van der Waals surface area contributed by atoms with E-state index in [1.807, 2.05) is 35.8 Å². The maximum atomic E-state index is 6.12. The zero-order chi connectivity index (χ0) is 20.9. The van der Waals surface area contributed by atoms with Gasteiger partial charge >= 0.3 is 6.01 Å². The van der Waals surface area contributed by atoms with Crippen molar-refractivity contribution in [1.29, 1.82) is 0 Å². The van der Waals surface area contributed by atoms with Crippen LogP contribution in [0, 0.1) is 13.8 Å². The topological polar surface area (TPSA) is 101 Å². The van der Waals surface area contributed by atoms with Crippen LogP contribution in [0.5, 0.6) is 0 Å². The Bertz CT molecular complexity index is 1400. The SMILES string of the molecule is Cc1ncccc1-c1nnc(N2CCc3[nH]cnc3C2c2cc3c(C)cccn3n2)o1. The maximum absolute atomic E-state index is 6.12. The zero-order valence-corrected chi connectivity index (χ0v) is 17.1. The van der Waals surface area contributed by atoms with Crippen LogP contribution in [0.3, 0.4) is 0 Å². The summed E-state index contributed by atoms with van der Waals surface area (Å²) < 4.78 is 8.03. The first-order chi connectivity index (χ1) is 15.2. The van der Waals surface area contributed by atoms with E-state index < -0.39 is 0 Å². The molecule has 0 saturated carbocycles. The lowest BCUT2D eigenvalue weighted by atomic mass is 10.00. The molecule has 1 atom stereocenters.